The second-order valence-corrected chi connectivity index (χ2v) is 3.80. The largest absolute Gasteiger partial charge is 0.480 e. The Morgan fingerprint density at radius 1 is 1.33 bits per heavy atom. The number of hydrogen-bond donors (Lipinski definition) is 3. The molecule has 0 rings (SSSR count). The third kappa shape index (κ3) is 7.44. The van der Waals surface area contributed by atoms with Crippen molar-refractivity contribution in [2.75, 3.05) is 33.9 Å². The summed E-state index contributed by atoms with van der Waals surface area (Å²) in [6.45, 7) is 1.43. The number of carboxylic acids is 1. The molecule has 0 heterocycles. The lowest BCUT2D eigenvalue weighted by atomic mass is 10.3. The van der Waals surface area contributed by atoms with Gasteiger partial charge in [-0.15, -0.1) is 0 Å². The lowest BCUT2D eigenvalue weighted by Crippen LogP contribution is -2.48. The molecule has 0 saturated carbocycles. The molecule has 104 valence electrons. The minimum atomic E-state index is -1.07. The Kier molecular flexibility index (Phi) is 7.45. The summed E-state index contributed by atoms with van der Waals surface area (Å²) in [5.41, 5.74) is 0. The van der Waals surface area contributed by atoms with Crippen LogP contribution in [0.4, 0.5) is 4.79 Å². The van der Waals surface area contributed by atoms with Crippen LogP contribution >= 0.6 is 0 Å². The van der Waals surface area contributed by atoms with E-state index in [1.54, 1.807) is 21.0 Å². The van der Waals surface area contributed by atoms with E-state index < -0.39 is 24.6 Å². The topological polar surface area (TPSA) is 108 Å². The molecule has 8 nitrogen and oxygen atoms in total. The van der Waals surface area contributed by atoms with Gasteiger partial charge in [-0.25, -0.2) is 9.59 Å². The van der Waals surface area contributed by atoms with E-state index in [0.29, 0.717) is 0 Å². The van der Waals surface area contributed by atoms with E-state index in [1.165, 1.54) is 4.90 Å². The first-order chi connectivity index (χ1) is 8.34. The average molecular weight is 261 g/mol. The van der Waals surface area contributed by atoms with Crippen LogP contribution in [-0.2, 0) is 14.3 Å². The van der Waals surface area contributed by atoms with Crippen LogP contribution in [0.3, 0.4) is 0 Å². The molecule has 0 aliphatic rings. The summed E-state index contributed by atoms with van der Waals surface area (Å²) in [4.78, 5) is 34.2. The van der Waals surface area contributed by atoms with Crippen molar-refractivity contribution in [2.45, 2.75) is 13.0 Å². The van der Waals surface area contributed by atoms with Crippen molar-refractivity contribution < 1.29 is 24.2 Å². The van der Waals surface area contributed by atoms with Gasteiger partial charge in [0.2, 0.25) is 5.91 Å². The number of rotatable bonds is 7. The lowest BCUT2D eigenvalue weighted by Gasteiger charge is -2.18. The van der Waals surface area contributed by atoms with Gasteiger partial charge in [0, 0.05) is 20.6 Å². The number of ether oxygens (including phenoxy) is 1. The third-order valence-corrected chi connectivity index (χ3v) is 1.92. The molecule has 0 aliphatic heterocycles. The minimum absolute atomic E-state index is 0.0930. The van der Waals surface area contributed by atoms with Crippen LogP contribution < -0.4 is 10.6 Å². The van der Waals surface area contributed by atoms with Crippen molar-refractivity contribution in [1.29, 1.82) is 0 Å². The summed E-state index contributed by atoms with van der Waals surface area (Å²) in [5.74, 6) is -1.28. The highest BCUT2D eigenvalue weighted by atomic mass is 16.5. The molecule has 0 aliphatic carbocycles. The van der Waals surface area contributed by atoms with Gasteiger partial charge in [0.1, 0.15) is 12.6 Å². The molecule has 8 heteroatoms. The van der Waals surface area contributed by atoms with Gasteiger partial charge < -0.3 is 25.4 Å². The zero-order chi connectivity index (χ0) is 14.1. The fourth-order valence-corrected chi connectivity index (χ4v) is 1.09. The number of amides is 3. The van der Waals surface area contributed by atoms with Crippen molar-refractivity contribution in [3.05, 3.63) is 0 Å². The van der Waals surface area contributed by atoms with E-state index in [1.807, 2.05) is 0 Å². The molecule has 3 amide bonds. The summed E-state index contributed by atoms with van der Waals surface area (Å²) in [6.07, 6.45) is 0. The number of hydrogen-bond acceptors (Lipinski definition) is 4. The predicted molar refractivity (Wildman–Crippen MR) is 63.1 cm³/mol. The number of nitrogens with one attached hydrogen (secondary N) is 2. The summed E-state index contributed by atoms with van der Waals surface area (Å²) in [5, 5.41) is 13.2. The Balaban J connectivity index is 3.71. The van der Waals surface area contributed by atoms with Gasteiger partial charge in [-0.2, -0.15) is 0 Å². The van der Waals surface area contributed by atoms with Crippen LogP contribution in [0, 0.1) is 0 Å². The van der Waals surface area contributed by atoms with Crippen LogP contribution in [0.15, 0.2) is 0 Å². The molecule has 0 saturated heterocycles. The van der Waals surface area contributed by atoms with Crippen molar-refractivity contribution in [3.8, 4) is 0 Å². The van der Waals surface area contributed by atoms with Crippen LogP contribution in [-0.4, -0.2) is 67.8 Å². The van der Waals surface area contributed by atoms with E-state index in [4.69, 9.17) is 9.84 Å². The molecule has 0 bridgehead atoms. The van der Waals surface area contributed by atoms with Gasteiger partial charge in [0.05, 0.1) is 6.61 Å². The molecule has 1 atom stereocenters. The van der Waals surface area contributed by atoms with Crippen molar-refractivity contribution in [2.24, 2.45) is 0 Å². The number of carboxylic acid groups (broad SMARTS) is 1. The monoisotopic (exact) mass is 261 g/mol. The molecular formula is C10H19N3O5. The molecule has 0 spiro atoms. The molecule has 1 unspecified atom stereocenters. The number of aliphatic carboxylic acids is 1. The van der Waals surface area contributed by atoms with Crippen LogP contribution in [0.2, 0.25) is 0 Å². The molecule has 0 aromatic heterocycles. The Morgan fingerprint density at radius 3 is 2.44 bits per heavy atom. The number of nitrogens with zero attached hydrogens (tertiary/aromatic N) is 1. The normalized spacial score (nSPS) is 11.5. The maximum Gasteiger partial charge on any atom is 0.329 e. The van der Waals surface area contributed by atoms with E-state index in [0.717, 1.165) is 0 Å². The summed E-state index contributed by atoms with van der Waals surface area (Å²) in [7, 11) is 3.19. The maximum absolute atomic E-state index is 11.4. The quantitative estimate of drug-likeness (QED) is 0.502. The van der Waals surface area contributed by atoms with E-state index in [-0.39, 0.29) is 19.1 Å². The van der Waals surface area contributed by atoms with E-state index in [2.05, 4.69) is 10.6 Å². The zero-order valence-electron chi connectivity index (χ0n) is 10.7. The van der Waals surface area contributed by atoms with Crippen molar-refractivity contribution in [3.63, 3.8) is 0 Å². The van der Waals surface area contributed by atoms with E-state index >= 15 is 0 Å². The first-order valence-corrected chi connectivity index (χ1v) is 5.39. The highest BCUT2D eigenvalue weighted by Crippen LogP contribution is 1.88. The highest BCUT2D eigenvalue weighted by Gasteiger charge is 2.16. The van der Waals surface area contributed by atoms with Crippen LogP contribution in [0.1, 0.15) is 6.92 Å². The van der Waals surface area contributed by atoms with Gasteiger partial charge in [-0.1, -0.05) is 0 Å². The van der Waals surface area contributed by atoms with Gasteiger partial charge in [0.25, 0.3) is 0 Å². The third-order valence-electron chi connectivity index (χ3n) is 1.92. The first kappa shape index (κ1) is 16.2. The fraction of sp³-hybridized carbons (Fsp3) is 0.700. The SMILES string of the molecule is CC(NC(=O)NCCOCC(=O)O)C(=O)N(C)C. The molecule has 3 N–H and O–H groups in total. The molecule has 0 aromatic carbocycles. The number of carbonyl (C=O) groups excluding carboxylic acids is 2. The van der Waals surface area contributed by atoms with Crippen molar-refractivity contribution in [1.82, 2.24) is 15.5 Å². The van der Waals surface area contributed by atoms with Gasteiger partial charge in [-0.05, 0) is 6.92 Å². The summed E-state index contributed by atoms with van der Waals surface area (Å²) in [6, 6.07) is -1.13. The molecular weight excluding hydrogens is 242 g/mol. The smallest absolute Gasteiger partial charge is 0.329 e. The zero-order valence-corrected chi connectivity index (χ0v) is 10.7. The Hall–Kier alpha value is -1.83. The number of carbonyl (C=O) groups is 3. The summed E-state index contributed by atoms with van der Waals surface area (Å²) >= 11 is 0. The molecule has 18 heavy (non-hydrogen) atoms. The predicted octanol–water partition coefficient (Wildman–Crippen LogP) is -1.14. The Labute approximate surface area is 105 Å². The average Bonchev–Trinajstić information content (AvgIpc) is 2.26. The fourth-order valence-electron chi connectivity index (χ4n) is 1.09. The second kappa shape index (κ2) is 8.29. The van der Waals surface area contributed by atoms with Gasteiger partial charge >= 0.3 is 12.0 Å². The Morgan fingerprint density at radius 2 is 1.94 bits per heavy atom. The highest BCUT2D eigenvalue weighted by molar-refractivity contribution is 5.86. The standard InChI is InChI=1S/C10H19N3O5/c1-7(9(16)13(2)3)12-10(17)11-4-5-18-6-8(14)15/h7H,4-6H2,1-3H3,(H,14,15)(H2,11,12,17). The first-order valence-electron chi connectivity index (χ1n) is 5.39. The summed E-state index contributed by atoms with van der Waals surface area (Å²) < 4.78 is 4.72. The van der Waals surface area contributed by atoms with Crippen molar-refractivity contribution >= 4 is 17.9 Å². The molecule has 0 fully saturated rings. The van der Waals surface area contributed by atoms with Crippen LogP contribution in [0.5, 0.6) is 0 Å². The Bertz CT molecular complexity index is 306. The molecule has 0 aromatic rings. The van der Waals surface area contributed by atoms with Gasteiger partial charge in [-0.3, -0.25) is 4.79 Å². The number of urea groups is 1. The minimum Gasteiger partial charge on any atom is -0.480 e. The van der Waals surface area contributed by atoms with Gasteiger partial charge in [0.15, 0.2) is 0 Å². The lowest BCUT2D eigenvalue weighted by molar-refractivity contribution is -0.142. The van der Waals surface area contributed by atoms with E-state index in [9.17, 15) is 14.4 Å². The number of likely N-dealkylation sites (N-methyl/N-ethyl adjacent to an activating group) is 1. The second-order valence-electron chi connectivity index (χ2n) is 3.80. The maximum atomic E-state index is 11.4. The van der Waals surface area contributed by atoms with Crippen LogP contribution in [0.25, 0.3) is 0 Å². The molecule has 0 radical (unpaired) electrons.